The number of likely N-dealkylation sites (N-methyl/N-ethyl adjacent to an activating group) is 1. The van der Waals surface area contributed by atoms with Crippen LogP contribution in [0.25, 0.3) is 0 Å². The fourth-order valence-corrected chi connectivity index (χ4v) is 1.80. The predicted molar refractivity (Wildman–Crippen MR) is 75.2 cm³/mol. The number of oxime groups is 1. The van der Waals surface area contributed by atoms with Gasteiger partial charge in [-0.05, 0) is 24.3 Å². The van der Waals surface area contributed by atoms with Gasteiger partial charge in [0.15, 0.2) is 11.6 Å². The van der Waals surface area contributed by atoms with Gasteiger partial charge < -0.3 is 14.6 Å². The molecule has 0 radical (unpaired) electrons. The number of anilines is 1. The number of rotatable bonds is 2. The summed E-state index contributed by atoms with van der Waals surface area (Å²) in [4.78, 5) is 20.3. The van der Waals surface area contributed by atoms with Crippen molar-refractivity contribution in [1.29, 1.82) is 0 Å². The first-order chi connectivity index (χ1) is 9.08. The van der Waals surface area contributed by atoms with Crippen LogP contribution in [-0.2, 0) is 9.63 Å². The Bertz CT molecular complexity index is 518. The zero-order chi connectivity index (χ0) is 13.8. The molecular formula is C14H17N3O2. The minimum atomic E-state index is -0.0141. The van der Waals surface area contributed by atoms with Crippen LogP contribution in [0.15, 0.2) is 41.8 Å². The van der Waals surface area contributed by atoms with E-state index in [4.69, 9.17) is 4.84 Å². The Hall–Kier alpha value is -2.30. The second-order valence-corrected chi connectivity index (χ2v) is 4.59. The summed E-state index contributed by atoms with van der Waals surface area (Å²) >= 11 is 0. The van der Waals surface area contributed by atoms with Crippen LogP contribution in [0.3, 0.4) is 0 Å². The molecule has 0 fully saturated rings. The summed E-state index contributed by atoms with van der Waals surface area (Å²) in [7, 11) is 5.79. The molecule has 0 aliphatic carbocycles. The smallest absolute Gasteiger partial charge is 0.178 e. The second-order valence-electron chi connectivity index (χ2n) is 4.59. The molecule has 1 aromatic carbocycles. The van der Waals surface area contributed by atoms with Gasteiger partial charge in [-0.3, -0.25) is 4.79 Å². The fourth-order valence-electron chi connectivity index (χ4n) is 1.80. The van der Waals surface area contributed by atoms with E-state index in [1.807, 2.05) is 50.3 Å². The molecule has 100 valence electrons. The van der Waals surface area contributed by atoms with Gasteiger partial charge in [0.1, 0.15) is 6.26 Å². The van der Waals surface area contributed by atoms with Crippen molar-refractivity contribution in [3.8, 4) is 0 Å². The van der Waals surface area contributed by atoms with Gasteiger partial charge in [-0.2, -0.15) is 0 Å². The van der Waals surface area contributed by atoms with Gasteiger partial charge in [0.25, 0.3) is 0 Å². The maximum absolute atomic E-state index is 11.5. The van der Waals surface area contributed by atoms with Crippen LogP contribution in [-0.4, -0.2) is 44.2 Å². The highest BCUT2D eigenvalue weighted by molar-refractivity contribution is 6.02. The molecule has 0 saturated carbocycles. The minimum Gasteiger partial charge on any atom is -0.378 e. The number of amidine groups is 1. The Labute approximate surface area is 112 Å². The fraction of sp³-hybridized carbons (Fsp3) is 0.286. The summed E-state index contributed by atoms with van der Waals surface area (Å²) in [6.45, 7) is 0.286. The Kier molecular flexibility index (Phi) is 3.85. The minimum absolute atomic E-state index is 0.0141. The van der Waals surface area contributed by atoms with Crippen molar-refractivity contribution < 1.29 is 9.63 Å². The Morgan fingerprint density at radius 2 is 1.95 bits per heavy atom. The summed E-state index contributed by atoms with van der Waals surface area (Å²) in [5.41, 5.74) is 2.02. The third kappa shape index (κ3) is 3.13. The van der Waals surface area contributed by atoms with Crippen LogP contribution in [0.1, 0.15) is 5.56 Å². The van der Waals surface area contributed by atoms with Gasteiger partial charge in [-0.25, -0.2) is 0 Å². The van der Waals surface area contributed by atoms with E-state index in [-0.39, 0.29) is 12.3 Å². The molecule has 1 aromatic rings. The number of hydrogen-bond acceptors (Lipinski definition) is 5. The molecule has 1 aliphatic heterocycles. The molecular weight excluding hydrogens is 242 g/mol. The number of ketones is 1. The number of carbonyl (C=O) groups excluding carboxylic acids is 1. The summed E-state index contributed by atoms with van der Waals surface area (Å²) in [5.74, 6) is 0.628. The lowest BCUT2D eigenvalue weighted by Gasteiger charge is -2.21. The van der Waals surface area contributed by atoms with Crippen LogP contribution < -0.4 is 4.90 Å². The van der Waals surface area contributed by atoms with Gasteiger partial charge in [-0.1, -0.05) is 5.16 Å². The third-order valence-corrected chi connectivity index (χ3v) is 2.85. The Morgan fingerprint density at radius 3 is 2.58 bits per heavy atom. The van der Waals surface area contributed by atoms with Crippen LogP contribution >= 0.6 is 0 Å². The van der Waals surface area contributed by atoms with Gasteiger partial charge in [0, 0.05) is 38.5 Å². The highest BCUT2D eigenvalue weighted by Gasteiger charge is 2.14. The SMILES string of the molecule is CN1CC(=O)/C=C\ON=C1c1ccc(N(C)C)cc1. The van der Waals surface area contributed by atoms with E-state index in [1.54, 1.807) is 4.90 Å². The zero-order valence-corrected chi connectivity index (χ0v) is 11.3. The summed E-state index contributed by atoms with van der Waals surface area (Å²) in [5, 5.41) is 4.03. The normalized spacial score (nSPS) is 17.1. The first-order valence-electron chi connectivity index (χ1n) is 6.00. The lowest BCUT2D eigenvalue weighted by Crippen LogP contribution is -2.33. The van der Waals surface area contributed by atoms with Crippen molar-refractivity contribution in [2.24, 2.45) is 5.16 Å². The van der Waals surface area contributed by atoms with Crippen LogP contribution in [0, 0.1) is 0 Å². The number of benzene rings is 1. The molecule has 0 spiro atoms. The zero-order valence-electron chi connectivity index (χ0n) is 11.3. The van der Waals surface area contributed by atoms with E-state index >= 15 is 0 Å². The maximum atomic E-state index is 11.5. The number of nitrogens with zero attached hydrogens (tertiary/aromatic N) is 3. The van der Waals surface area contributed by atoms with Crippen molar-refractivity contribution >= 4 is 17.3 Å². The molecule has 0 aromatic heterocycles. The monoisotopic (exact) mass is 259 g/mol. The highest BCUT2D eigenvalue weighted by Crippen LogP contribution is 2.14. The second kappa shape index (κ2) is 5.56. The lowest BCUT2D eigenvalue weighted by atomic mass is 10.1. The van der Waals surface area contributed by atoms with E-state index in [1.165, 1.54) is 12.3 Å². The first-order valence-corrected chi connectivity index (χ1v) is 6.00. The molecule has 1 aliphatic rings. The van der Waals surface area contributed by atoms with Crippen molar-refractivity contribution in [3.05, 3.63) is 42.2 Å². The van der Waals surface area contributed by atoms with Crippen molar-refractivity contribution in [3.63, 3.8) is 0 Å². The molecule has 0 unspecified atom stereocenters. The largest absolute Gasteiger partial charge is 0.378 e. The van der Waals surface area contributed by atoms with E-state index < -0.39 is 0 Å². The molecule has 0 saturated heterocycles. The summed E-state index contributed by atoms with van der Waals surface area (Å²) in [6.07, 6.45) is 2.69. The van der Waals surface area contributed by atoms with Gasteiger partial charge >= 0.3 is 0 Å². The predicted octanol–water partition coefficient (Wildman–Crippen LogP) is 1.46. The average molecular weight is 259 g/mol. The summed E-state index contributed by atoms with van der Waals surface area (Å²) in [6, 6.07) is 7.93. The lowest BCUT2D eigenvalue weighted by molar-refractivity contribution is -0.115. The van der Waals surface area contributed by atoms with Gasteiger partial charge in [-0.15, -0.1) is 0 Å². The topological polar surface area (TPSA) is 45.1 Å². The van der Waals surface area contributed by atoms with Crippen LogP contribution in [0.2, 0.25) is 0 Å². The maximum Gasteiger partial charge on any atom is 0.178 e. The van der Waals surface area contributed by atoms with Gasteiger partial charge in [0.05, 0.1) is 6.54 Å². The van der Waals surface area contributed by atoms with Crippen molar-refractivity contribution in [1.82, 2.24) is 4.90 Å². The molecule has 0 bridgehead atoms. The molecule has 0 atom stereocenters. The molecule has 0 N–H and O–H groups in total. The third-order valence-electron chi connectivity index (χ3n) is 2.85. The Balaban J connectivity index is 2.28. The van der Waals surface area contributed by atoms with E-state index in [2.05, 4.69) is 5.16 Å². The van der Waals surface area contributed by atoms with E-state index in [0.717, 1.165) is 11.3 Å². The summed E-state index contributed by atoms with van der Waals surface area (Å²) < 4.78 is 0. The average Bonchev–Trinajstić information content (AvgIpc) is 2.36. The highest BCUT2D eigenvalue weighted by atomic mass is 16.6. The quantitative estimate of drug-likeness (QED) is 0.806. The number of hydrogen-bond donors (Lipinski definition) is 0. The van der Waals surface area contributed by atoms with Crippen LogP contribution in [0.5, 0.6) is 0 Å². The Morgan fingerprint density at radius 1 is 1.26 bits per heavy atom. The van der Waals surface area contributed by atoms with E-state index in [0.29, 0.717) is 5.84 Å². The molecule has 19 heavy (non-hydrogen) atoms. The van der Waals surface area contributed by atoms with Gasteiger partial charge in [0.2, 0.25) is 0 Å². The number of carbonyl (C=O) groups is 1. The standard InChI is InChI=1S/C14H17N3O2/c1-16(2)12-6-4-11(5-7-12)14-15-19-9-8-13(18)10-17(14)3/h4-9H,10H2,1-3H3/b9-8-,15-14?. The molecule has 5 heteroatoms. The molecule has 1 heterocycles. The first kappa shape index (κ1) is 13.1. The van der Waals surface area contributed by atoms with Crippen molar-refractivity contribution in [2.75, 3.05) is 32.6 Å². The van der Waals surface area contributed by atoms with Crippen LogP contribution in [0.4, 0.5) is 5.69 Å². The van der Waals surface area contributed by atoms with Crippen molar-refractivity contribution in [2.45, 2.75) is 0 Å². The molecule has 0 amide bonds. The molecule has 5 nitrogen and oxygen atoms in total. The van der Waals surface area contributed by atoms with E-state index in [9.17, 15) is 4.79 Å². The molecule has 2 rings (SSSR count).